The second-order valence-electron chi connectivity index (χ2n) is 3.83. The third kappa shape index (κ3) is 5.94. The molecule has 0 bridgehead atoms. The van der Waals surface area contributed by atoms with Crippen LogP contribution in [0.2, 0.25) is 0 Å². The van der Waals surface area contributed by atoms with Crippen molar-refractivity contribution in [1.82, 2.24) is 5.32 Å². The van der Waals surface area contributed by atoms with Crippen LogP contribution in [-0.2, 0) is 4.79 Å². The first-order chi connectivity index (χ1) is 6.47. The molecule has 0 saturated heterocycles. The highest BCUT2D eigenvalue weighted by molar-refractivity contribution is 5.73. The van der Waals surface area contributed by atoms with Crippen LogP contribution in [-0.4, -0.2) is 34.4 Å². The zero-order valence-electron chi connectivity index (χ0n) is 9.16. The molecule has 0 radical (unpaired) electrons. The molecule has 0 heterocycles. The minimum absolute atomic E-state index is 0.0302. The highest BCUT2D eigenvalue weighted by Gasteiger charge is 2.18. The van der Waals surface area contributed by atoms with Gasteiger partial charge in [-0.05, 0) is 26.7 Å². The van der Waals surface area contributed by atoms with Gasteiger partial charge in [-0.25, -0.2) is 0 Å². The minimum Gasteiger partial charge on any atom is -0.480 e. The lowest BCUT2D eigenvalue weighted by molar-refractivity contribution is -0.140. The van der Waals surface area contributed by atoms with E-state index in [1.165, 1.54) is 0 Å². The van der Waals surface area contributed by atoms with Gasteiger partial charge >= 0.3 is 5.97 Å². The molecule has 0 aliphatic carbocycles. The summed E-state index contributed by atoms with van der Waals surface area (Å²) in [6, 6.07) is -0.462. The number of aliphatic hydroxyl groups excluding tert-OH is 1. The molecule has 0 aromatic carbocycles. The van der Waals surface area contributed by atoms with Gasteiger partial charge in [0, 0.05) is 6.04 Å². The van der Waals surface area contributed by atoms with Crippen LogP contribution in [0.15, 0.2) is 0 Å². The van der Waals surface area contributed by atoms with E-state index in [1.807, 2.05) is 13.8 Å². The summed E-state index contributed by atoms with van der Waals surface area (Å²) in [7, 11) is 0. The van der Waals surface area contributed by atoms with E-state index in [0.717, 1.165) is 6.42 Å². The first kappa shape index (κ1) is 13.4. The van der Waals surface area contributed by atoms with Crippen molar-refractivity contribution in [3.63, 3.8) is 0 Å². The predicted octanol–water partition coefficient (Wildman–Crippen LogP) is 0.989. The maximum atomic E-state index is 10.8. The van der Waals surface area contributed by atoms with Gasteiger partial charge in [0.25, 0.3) is 0 Å². The molecule has 84 valence electrons. The summed E-state index contributed by atoms with van der Waals surface area (Å²) >= 11 is 0. The predicted molar refractivity (Wildman–Crippen MR) is 55.2 cm³/mol. The van der Waals surface area contributed by atoms with Gasteiger partial charge in [-0.15, -0.1) is 0 Å². The molecule has 0 spiro atoms. The van der Waals surface area contributed by atoms with Gasteiger partial charge in [0.05, 0.1) is 6.10 Å². The molecule has 3 N–H and O–H groups in total. The lowest BCUT2D eigenvalue weighted by atomic mass is 10.1. The molecule has 0 aliphatic heterocycles. The number of carboxylic acid groups (broad SMARTS) is 1. The minimum atomic E-state index is -0.815. The van der Waals surface area contributed by atoms with Crippen molar-refractivity contribution in [3.05, 3.63) is 0 Å². The SMILES string of the molecule is CCCC(NC(C)CC(C)O)C(=O)O. The number of carbonyl (C=O) groups is 1. The first-order valence-corrected chi connectivity index (χ1v) is 5.14. The Bertz CT molecular complexity index is 171. The molecule has 4 heteroatoms. The summed E-state index contributed by atoms with van der Waals surface area (Å²) in [5, 5.41) is 21.0. The van der Waals surface area contributed by atoms with E-state index in [4.69, 9.17) is 10.2 Å². The Morgan fingerprint density at radius 2 is 2.00 bits per heavy atom. The van der Waals surface area contributed by atoms with Gasteiger partial charge in [0.2, 0.25) is 0 Å². The molecule has 0 aliphatic rings. The fraction of sp³-hybridized carbons (Fsp3) is 0.900. The van der Waals surface area contributed by atoms with Gasteiger partial charge < -0.3 is 15.5 Å². The molecule has 0 fully saturated rings. The van der Waals surface area contributed by atoms with Crippen LogP contribution in [0.1, 0.15) is 40.0 Å². The average Bonchev–Trinajstić information content (AvgIpc) is 2.01. The summed E-state index contributed by atoms with van der Waals surface area (Å²) in [6.07, 6.45) is 1.65. The van der Waals surface area contributed by atoms with E-state index < -0.39 is 18.1 Å². The van der Waals surface area contributed by atoms with Crippen molar-refractivity contribution in [2.45, 2.75) is 58.2 Å². The standard InChI is InChI=1S/C10H21NO3/c1-4-5-9(10(13)14)11-7(2)6-8(3)12/h7-9,11-12H,4-6H2,1-3H3,(H,13,14). The van der Waals surface area contributed by atoms with Crippen LogP contribution in [0.25, 0.3) is 0 Å². The number of nitrogens with one attached hydrogen (secondary N) is 1. The second-order valence-corrected chi connectivity index (χ2v) is 3.83. The maximum Gasteiger partial charge on any atom is 0.320 e. The fourth-order valence-electron chi connectivity index (χ4n) is 1.49. The highest BCUT2D eigenvalue weighted by Crippen LogP contribution is 2.02. The Balaban J connectivity index is 3.95. The van der Waals surface area contributed by atoms with E-state index in [9.17, 15) is 4.79 Å². The van der Waals surface area contributed by atoms with Crippen LogP contribution >= 0.6 is 0 Å². The molecule has 4 nitrogen and oxygen atoms in total. The number of hydrogen-bond acceptors (Lipinski definition) is 3. The van der Waals surface area contributed by atoms with E-state index in [2.05, 4.69) is 5.32 Å². The smallest absolute Gasteiger partial charge is 0.320 e. The zero-order chi connectivity index (χ0) is 11.1. The fourth-order valence-corrected chi connectivity index (χ4v) is 1.49. The summed E-state index contributed by atoms with van der Waals surface area (Å²) in [6.45, 7) is 5.54. The summed E-state index contributed by atoms with van der Waals surface area (Å²) in [5.41, 5.74) is 0. The van der Waals surface area contributed by atoms with Crippen molar-refractivity contribution in [1.29, 1.82) is 0 Å². The van der Waals surface area contributed by atoms with Gasteiger partial charge in [0.15, 0.2) is 0 Å². The Morgan fingerprint density at radius 1 is 1.43 bits per heavy atom. The molecule has 0 aromatic heterocycles. The van der Waals surface area contributed by atoms with Crippen LogP contribution in [0.5, 0.6) is 0 Å². The maximum absolute atomic E-state index is 10.8. The molecule has 0 amide bonds. The molecule has 14 heavy (non-hydrogen) atoms. The van der Waals surface area contributed by atoms with Crippen molar-refractivity contribution >= 4 is 5.97 Å². The zero-order valence-corrected chi connectivity index (χ0v) is 9.16. The Morgan fingerprint density at radius 3 is 2.36 bits per heavy atom. The number of aliphatic carboxylic acids is 1. The summed E-state index contributed by atoms with van der Waals surface area (Å²) in [4.78, 5) is 10.8. The normalized spacial score (nSPS) is 17.4. The summed E-state index contributed by atoms with van der Waals surface area (Å²) in [5.74, 6) is -0.815. The quantitative estimate of drug-likeness (QED) is 0.577. The number of aliphatic hydroxyl groups is 1. The van der Waals surface area contributed by atoms with Crippen molar-refractivity contribution in [2.24, 2.45) is 0 Å². The monoisotopic (exact) mass is 203 g/mol. The van der Waals surface area contributed by atoms with Crippen LogP contribution in [0, 0.1) is 0 Å². The number of carboxylic acids is 1. The second kappa shape index (κ2) is 6.79. The Hall–Kier alpha value is -0.610. The van der Waals surface area contributed by atoms with E-state index in [-0.39, 0.29) is 6.04 Å². The van der Waals surface area contributed by atoms with Crippen LogP contribution in [0.4, 0.5) is 0 Å². The average molecular weight is 203 g/mol. The van der Waals surface area contributed by atoms with Crippen molar-refractivity contribution in [2.75, 3.05) is 0 Å². The number of hydrogen-bond donors (Lipinski definition) is 3. The first-order valence-electron chi connectivity index (χ1n) is 5.14. The lowest BCUT2D eigenvalue weighted by Crippen LogP contribution is -2.43. The molecular weight excluding hydrogens is 182 g/mol. The Labute approximate surface area is 85.3 Å². The van der Waals surface area contributed by atoms with Crippen LogP contribution in [0.3, 0.4) is 0 Å². The molecule has 0 rings (SSSR count). The van der Waals surface area contributed by atoms with E-state index in [1.54, 1.807) is 6.92 Å². The van der Waals surface area contributed by atoms with Crippen LogP contribution < -0.4 is 5.32 Å². The van der Waals surface area contributed by atoms with Gasteiger partial charge in [0.1, 0.15) is 6.04 Å². The molecule has 0 aromatic rings. The topological polar surface area (TPSA) is 69.6 Å². The lowest BCUT2D eigenvalue weighted by Gasteiger charge is -2.20. The van der Waals surface area contributed by atoms with Crippen molar-refractivity contribution in [3.8, 4) is 0 Å². The number of rotatable bonds is 7. The molecule has 0 saturated carbocycles. The molecule has 3 atom stereocenters. The van der Waals surface area contributed by atoms with Gasteiger partial charge in [-0.2, -0.15) is 0 Å². The van der Waals surface area contributed by atoms with Gasteiger partial charge in [-0.1, -0.05) is 13.3 Å². The third-order valence-electron chi connectivity index (χ3n) is 2.06. The van der Waals surface area contributed by atoms with E-state index in [0.29, 0.717) is 12.8 Å². The molecular formula is C10H21NO3. The third-order valence-corrected chi connectivity index (χ3v) is 2.06. The van der Waals surface area contributed by atoms with Gasteiger partial charge in [-0.3, -0.25) is 4.79 Å². The van der Waals surface area contributed by atoms with Crippen molar-refractivity contribution < 1.29 is 15.0 Å². The molecule has 3 unspecified atom stereocenters. The van der Waals surface area contributed by atoms with E-state index >= 15 is 0 Å². The Kier molecular flexibility index (Phi) is 6.49. The highest BCUT2D eigenvalue weighted by atomic mass is 16.4. The summed E-state index contributed by atoms with van der Waals surface area (Å²) < 4.78 is 0. The largest absolute Gasteiger partial charge is 0.480 e.